The maximum atomic E-state index is 12.8. The van der Waals surface area contributed by atoms with Gasteiger partial charge in [0.1, 0.15) is 5.82 Å². The quantitative estimate of drug-likeness (QED) is 0.711. The standard InChI is InChI=1S/C20H16F3N3O/c1-12-2-8-15(9-3-12)26-19-17(11-24-26)16(10-18(27)25-19)13-4-6-14(7-5-13)20(21,22)23/h2-9,11,16H,10H2,1H3,(H,25,27)/t16-/m0/s1. The number of amides is 1. The van der Waals surface area contributed by atoms with E-state index in [4.69, 9.17) is 0 Å². The Labute approximate surface area is 153 Å². The predicted molar refractivity (Wildman–Crippen MR) is 94.8 cm³/mol. The molecule has 1 aliphatic heterocycles. The molecule has 1 atom stereocenters. The average Bonchev–Trinajstić information content (AvgIpc) is 3.05. The molecule has 1 aromatic heterocycles. The lowest BCUT2D eigenvalue weighted by Crippen LogP contribution is -2.24. The third-order valence-corrected chi connectivity index (χ3v) is 4.74. The summed E-state index contributed by atoms with van der Waals surface area (Å²) in [4.78, 5) is 12.2. The zero-order valence-corrected chi connectivity index (χ0v) is 14.4. The Morgan fingerprint density at radius 1 is 1.07 bits per heavy atom. The Morgan fingerprint density at radius 3 is 2.37 bits per heavy atom. The van der Waals surface area contributed by atoms with Crippen molar-refractivity contribution in [1.82, 2.24) is 9.78 Å². The topological polar surface area (TPSA) is 46.9 Å². The van der Waals surface area contributed by atoms with E-state index in [1.807, 2.05) is 31.2 Å². The fourth-order valence-corrected chi connectivity index (χ4v) is 3.30. The number of carbonyl (C=O) groups is 1. The van der Waals surface area contributed by atoms with Gasteiger partial charge in [-0.2, -0.15) is 18.3 Å². The van der Waals surface area contributed by atoms with Gasteiger partial charge in [0, 0.05) is 17.9 Å². The molecule has 2 aromatic carbocycles. The van der Waals surface area contributed by atoms with Crippen LogP contribution in [0.15, 0.2) is 54.7 Å². The number of hydrogen-bond acceptors (Lipinski definition) is 2. The Kier molecular flexibility index (Phi) is 4.02. The molecule has 0 radical (unpaired) electrons. The first-order valence-corrected chi connectivity index (χ1v) is 8.45. The zero-order valence-electron chi connectivity index (χ0n) is 14.4. The van der Waals surface area contributed by atoms with E-state index in [-0.39, 0.29) is 18.2 Å². The van der Waals surface area contributed by atoms with Crippen molar-refractivity contribution in [2.45, 2.75) is 25.4 Å². The van der Waals surface area contributed by atoms with Crippen LogP contribution in [0.1, 0.15) is 34.6 Å². The molecule has 1 amide bonds. The van der Waals surface area contributed by atoms with Gasteiger partial charge in [-0.3, -0.25) is 4.79 Å². The summed E-state index contributed by atoms with van der Waals surface area (Å²) in [7, 11) is 0. The van der Waals surface area contributed by atoms with Gasteiger partial charge in [-0.15, -0.1) is 0 Å². The highest BCUT2D eigenvalue weighted by molar-refractivity contribution is 5.94. The number of fused-ring (bicyclic) bond motifs is 1. The van der Waals surface area contributed by atoms with Crippen molar-refractivity contribution in [3.63, 3.8) is 0 Å². The van der Waals surface area contributed by atoms with Crippen LogP contribution in [0.25, 0.3) is 5.69 Å². The average molecular weight is 371 g/mol. The zero-order chi connectivity index (χ0) is 19.2. The Bertz CT molecular complexity index is 989. The van der Waals surface area contributed by atoms with Crippen molar-refractivity contribution in [3.05, 3.63) is 77.0 Å². The van der Waals surface area contributed by atoms with Crippen molar-refractivity contribution in [2.24, 2.45) is 0 Å². The fourth-order valence-electron chi connectivity index (χ4n) is 3.30. The SMILES string of the molecule is Cc1ccc(-n2ncc3c2NC(=O)C[C@H]3c2ccc(C(F)(F)F)cc2)cc1. The molecule has 7 heteroatoms. The minimum absolute atomic E-state index is 0.165. The molecule has 27 heavy (non-hydrogen) atoms. The largest absolute Gasteiger partial charge is 0.416 e. The molecule has 0 saturated carbocycles. The molecule has 4 nitrogen and oxygen atoms in total. The van der Waals surface area contributed by atoms with Crippen molar-refractivity contribution < 1.29 is 18.0 Å². The summed E-state index contributed by atoms with van der Waals surface area (Å²) in [6.45, 7) is 1.98. The molecular formula is C20H16F3N3O. The first-order chi connectivity index (χ1) is 12.8. The van der Waals surface area contributed by atoms with Crippen LogP contribution in [0.3, 0.4) is 0 Å². The normalized spacial score (nSPS) is 16.7. The van der Waals surface area contributed by atoms with Gasteiger partial charge in [0.2, 0.25) is 5.91 Å². The van der Waals surface area contributed by atoms with E-state index in [0.29, 0.717) is 11.4 Å². The van der Waals surface area contributed by atoms with Crippen molar-refractivity contribution in [3.8, 4) is 5.69 Å². The number of aryl methyl sites for hydroxylation is 1. The second-order valence-electron chi connectivity index (χ2n) is 6.62. The number of anilines is 1. The first kappa shape index (κ1) is 17.3. The van der Waals surface area contributed by atoms with Crippen molar-refractivity contribution in [1.29, 1.82) is 0 Å². The van der Waals surface area contributed by atoms with Gasteiger partial charge in [0.05, 0.1) is 17.4 Å². The fraction of sp³-hybridized carbons (Fsp3) is 0.200. The maximum Gasteiger partial charge on any atom is 0.416 e. The molecule has 138 valence electrons. The number of halogens is 3. The van der Waals surface area contributed by atoms with E-state index in [9.17, 15) is 18.0 Å². The third kappa shape index (κ3) is 3.20. The minimum Gasteiger partial charge on any atom is -0.310 e. The van der Waals surface area contributed by atoms with Gasteiger partial charge in [-0.25, -0.2) is 4.68 Å². The summed E-state index contributed by atoms with van der Waals surface area (Å²) in [6, 6.07) is 12.6. The monoisotopic (exact) mass is 371 g/mol. The van der Waals surface area contributed by atoms with Crippen LogP contribution < -0.4 is 5.32 Å². The lowest BCUT2D eigenvalue weighted by atomic mass is 9.87. The second kappa shape index (κ2) is 6.26. The highest BCUT2D eigenvalue weighted by atomic mass is 19.4. The van der Waals surface area contributed by atoms with Crippen LogP contribution >= 0.6 is 0 Å². The Morgan fingerprint density at radius 2 is 1.74 bits per heavy atom. The van der Waals surface area contributed by atoms with E-state index < -0.39 is 11.7 Å². The maximum absolute atomic E-state index is 12.8. The summed E-state index contributed by atoms with van der Waals surface area (Å²) >= 11 is 0. The lowest BCUT2D eigenvalue weighted by molar-refractivity contribution is -0.137. The number of alkyl halides is 3. The molecule has 0 unspecified atom stereocenters. The van der Waals surface area contributed by atoms with Crippen LogP contribution in [0.2, 0.25) is 0 Å². The number of benzene rings is 2. The molecule has 0 spiro atoms. The second-order valence-corrected chi connectivity index (χ2v) is 6.62. The molecule has 3 aromatic rings. The van der Waals surface area contributed by atoms with Crippen molar-refractivity contribution in [2.75, 3.05) is 5.32 Å². The number of hydrogen-bond donors (Lipinski definition) is 1. The highest BCUT2D eigenvalue weighted by Gasteiger charge is 2.33. The molecule has 1 N–H and O–H groups in total. The van der Waals surface area contributed by atoms with Crippen LogP contribution in [0.4, 0.5) is 19.0 Å². The van der Waals surface area contributed by atoms with E-state index in [1.165, 1.54) is 12.1 Å². The Balaban J connectivity index is 1.74. The number of nitrogens with zero attached hydrogens (tertiary/aromatic N) is 2. The van der Waals surface area contributed by atoms with Gasteiger partial charge in [0.15, 0.2) is 0 Å². The molecule has 2 heterocycles. The van der Waals surface area contributed by atoms with E-state index in [0.717, 1.165) is 28.9 Å². The Hall–Kier alpha value is -3.09. The smallest absolute Gasteiger partial charge is 0.310 e. The van der Waals surface area contributed by atoms with E-state index >= 15 is 0 Å². The lowest BCUT2D eigenvalue weighted by Gasteiger charge is -2.24. The molecular weight excluding hydrogens is 355 g/mol. The molecule has 1 aliphatic rings. The van der Waals surface area contributed by atoms with Crippen LogP contribution in [0, 0.1) is 6.92 Å². The molecule has 4 rings (SSSR count). The van der Waals surface area contributed by atoms with Gasteiger partial charge in [-0.05, 0) is 36.8 Å². The summed E-state index contributed by atoms with van der Waals surface area (Å²) in [5, 5.41) is 7.23. The number of carbonyl (C=O) groups excluding carboxylic acids is 1. The van der Waals surface area contributed by atoms with Gasteiger partial charge < -0.3 is 5.32 Å². The predicted octanol–water partition coefficient (Wildman–Crippen LogP) is 4.67. The number of aromatic nitrogens is 2. The van der Waals surface area contributed by atoms with Crippen LogP contribution in [-0.4, -0.2) is 15.7 Å². The highest BCUT2D eigenvalue weighted by Crippen LogP contribution is 2.39. The van der Waals surface area contributed by atoms with Crippen LogP contribution in [-0.2, 0) is 11.0 Å². The summed E-state index contributed by atoms with van der Waals surface area (Å²) in [5.74, 6) is 0.0245. The molecule has 0 saturated heterocycles. The molecule has 0 fully saturated rings. The first-order valence-electron chi connectivity index (χ1n) is 8.45. The summed E-state index contributed by atoms with van der Waals surface area (Å²) < 4.78 is 40.1. The van der Waals surface area contributed by atoms with Gasteiger partial charge in [-0.1, -0.05) is 29.8 Å². The third-order valence-electron chi connectivity index (χ3n) is 4.74. The number of nitrogens with one attached hydrogen (secondary N) is 1. The minimum atomic E-state index is -4.38. The summed E-state index contributed by atoms with van der Waals surface area (Å²) in [6.07, 6.45) is -2.56. The van der Waals surface area contributed by atoms with Crippen LogP contribution in [0.5, 0.6) is 0 Å². The molecule has 0 bridgehead atoms. The van der Waals surface area contributed by atoms with Gasteiger partial charge >= 0.3 is 6.18 Å². The molecule has 0 aliphatic carbocycles. The van der Waals surface area contributed by atoms with Crippen molar-refractivity contribution >= 4 is 11.7 Å². The number of rotatable bonds is 2. The van der Waals surface area contributed by atoms with E-state index in [1.54, 1.807) is 10.9 Å². The van der Waals surface area contributed by atoms with Gasteiger partial charge in [0.25, 0.3) is 0 Å². The summed E-state index contributed by atoms with van der Waals surface area (Å²) in [5.41, 5.74) is 2.64. The van der Waals surface area contributed by atoms with E-state index in [2.05, 4.69) is 10.4 Å².